The van der Waals surface area contributed by atoms with Crippen LogP contribution in [0.3, 0.4) is 0 Å². The van der Waals surface area contributed by atoms with Crippen molar-refractivity contribution in [2.75, 3.05) is 10.6 Å². The Morgan fingerprint density at radius 2 is 1.50 bits per heavy atom. The molecule has 1 fully saturated rings. The number of para-hydroxylation sites is 2. The average molecular weight is 340 g/mol. The molecule has 6 heteroatoms. The first-order chi connectivity index (χ1) is 11.6. The minimum absolute atomic E-state index is 0.355. The van der Waals surface area contributed by atoms with Gasteiger partial charge in [-0.25, -0.2) is 0 Å². The van der Waals surface area contributed by atoms with Crippen molar-refractivity contribution in [1.29, 1.82) is 5.26 Å². The molecule has 1 aliphatic carbocycles. The SMILES string of the molecule is N#Cc1ccccc1NC(=O)C1(C(=O)Nc2ccccc2Cl)CC1. The Labute approximate surface area is 144 Å². The standard InChI is InChI=1S/C18H14ClN3O2/c19-13-6-2-4-8-15(13)22-17(24)18(9-10-18)16(23)21-14-7-3-1-5-12(14)11-20/h1-8H,9-10H2,(H,21,23)(H,22,24). The summed E-state index contributed by atoms with van der Waals surface area (Å²) in [6.45, 7) is 0. The maximum atomic E-state index is 12.6. The van der Waals surface area contributed by atoms with Gasteiger partial charge in [-0.15, -0.1) is 0 Å². The van der Waals surface area contributed by atoms with Gasteiger partial charge in [-0.2, -0.15) is 5.26 Å². The number of nitriles is 1. The van der Waals surface area contributed by atoms with E-state index < -0.39 is 11.3 Å². The quantitative estimate of drug-likeness (QED) is 0.835. The van der Waals surface area contributed by atoms with E-state index >= 15 is 0 Å². The first kappa shape index (κ1) is 16.0. The van der Waals surface area contributed by atoms with Crippen molar-refractivity contribution in [3.8, 4) is 6.07 Å². The van der Waals surface area contributed by atoms with Crippen LogP contribution in [0.1, 0.15) is 18.4 Å². The first-order valence-electron chi connectivity index (χ1n) is 7.43. The molecule has 0 aliphatic heterocycles. The van der Waals surface area contributed by atoms with Crippen molar-refractivity contribution in [3.05, 3.63) is 59.1 Å². The smallest absolute Gasteiger partial charge is 0.240 e. The van der Waals surface area contributed by atoms with Gasteiger partial charge >= 0.3 is 0 Å². The lowest BCUT2D eigenvalue weighted by Crippen LogP contribution is -2.35. The van der Waals surface area contributed by atoms with E-state index in [1.165, 1.54) is 0 Å². The van der Waals surface area contributed by atoms with Gasteiger partial charge < -0.3 is 10.6 Å². The number of amides is 2. The summed E-state index contributed by atoms with van der Waals surface area (Å²) in [5.41, 5.74) is 0.123. The van der Waals surface area contributed by atoms with Crippen molar-refractivity contribution < 1.29 is 9.59 Å². The summed E-state index contributed by atoms with van der Waals surface area (Å²) in [5.74, 6) is -0.794. The van der Waals surface area contributed by atoms with Gasteiger partial charge in [0.05, 0.1) is 22.0 Å². The maximum Gasteiger partial charge on any atom is 0.240 e. The van der Waals surface area contributed by atoms with Gasteiger partial charge in [0.2, 0.25) is 11.8 Å². The molecule has 2 N–H and O–H groups in total. The van der Waals surface area contributed by atoms with Crippen molar-refractivity contribution in [1.82, 2.24) is 0 Å². The molecule has 24 heavy (non-hydrogen) atoms. The van der Waals surface area contributed by atoms with E-state index in [9.17, 15) is 9.59 Å². The van der Waals surface area contributed by atoms with Crippen LogP contribution < -0.4 is 10.6 Å². The van der Waals surface area contributed by atoms with Crippen LogP contribution in [-0.4, -0.2) is 11.8 Å². The summed E-state index contributed by atoms with van der Waals surface area (Å²) in [6, 6.07) is 15.6. The molecule has 0 unspecified atom stereocenters. The van der Waals surface area contributed by atoms with Gasteiger partial charge in [0.1, 0.15) is 11.5 Å². The van der Waals surface area contributed by atoms with Gasteiger partial charge in [0.25, 0.3) is 0 Å². The molecule has 2 amide bonds. The van der Waals surface area contributed by atoms with Crippen LogP contribution in [-0.2, 0) is 9.59 Å². The van der Waals surface area contributed by atoms with Crippen LogP contribution in [0.4, 0.5) is 11.4 Å². The highest BCUT2D eigenvalue weighted by molar-refractivity contribution is 6.34. The van der Waals surface area contributed by atoms with Gasteiger partial charge in [-0.3, -0.25) is 9.59 Å². The monoisotopic (exact) mass is 339 g/mol. The molecule has 1 aliphatic rings. The summed E-state index contributed by atoms with van der Waals surface area (Å²) >= 11 is 6.04. The zero-order valence-corrected chi connectivity index (χ0v) is 13.4. The van der Waals surface area contributed by atoms with Crippen LogP contribution in [0.25, 0.3) is 0 Å². The number of hydrogen-bond donors (Lipinski definition) is 2. The highest BCUT2D eigenvalue weighted by Crippen LogP contribution is 2.47. The highest BCUT2D eigenvalue weighted by Gasteiger charge is 2.56. The van der Waals surface area contributed by atoms with Crippen LogP contribution in [0.15, 0.2) is 48.5 Å². The summed E-state index contributed by atoms with van der Waals surface area (Å²) in [6.07, 6.45) is 0.924. The number of nitrogens with zero attached hydrogens (tertiary/aromatic N) is 1. The van der Waals surface area contributed by atoms with E-state index in [1.54, 1.807) is 48.5 Å². The molecule has 2 aromatic rings. The van der Waals surface area contributed by atoms with E-state index in [4.69, 9.17) is 16.9 Å². The van der Waals surface area contributed by atoms with Gasteiger partial charge in [-0.1, -0.05) is 35.9 Å². The van der Waals surface area contributed by atoms with Crippen LogP contribution >= 0.6 is 11.6 Å². The van der Waals surface area contributed by atoms with Gasteiger partial charge in [0.15, 0.2) is 0 Å². The van der Waals surface area contributed by atoms with Gasteiger partial charge in [0, 0.05) is 0 Å². The van der Waals surface area contributed by atoms with E-state index in [2.05, 4.69) is 10.6 Å². The second kappa shape index (κ2) is 6.34. The molecule has 0 atom stereocenters. The second-order valence-corrected chi connectivity index (χ2v) is 6.03. The van der Waals surface area contributed by atoms with Crippen LogP contribution in [0.5, 0.6) is 0 Å². The fourth-order valence-corrected chi connectivity index (χ4v) is 2.60. The van der Waals surface area contributed by atoms with E-state index in [0.29, 0.717) is 34.8 Å². The Hall–Kier alpha value is -2.84. The fraction of sp³-hybridized carbons (Fsp3) is 0.167. The molecule has 3 rings (SSSR count). The van der Waals surface area contributed by atoms with Crippen molar-refractivity contribution in [2.24, 2.45) is 5.41 Å². The Balaban J connectivity index is 1.76. The molecule has 0 heterocycles. The van der Waals surface area contributed by atoms with Gasteiger partial charge in [-0.05, 0) is 37.1 Å². The summed E-state index contributed by atoms with van der Waals surface area (Å²) in [5, 5.41) is 14.9. The Bertz CT molecular complexity index is 853. The Morgan fingerprint density at radius 3 is 2.08 bits per heavy atom. The molecule has 0 saturated heterocycles. The lowest BCUT2D eigenvalue weighted by molar-refractivity contribution is -0.131. The predicted octanol–water partition coefficient (Wildman–Crippen LogP) is 3.57. The molecule has 0 radical (unpaired) electrons. The first-order valence-corrected chi connectivity index (χ1v) is 7.81. The molecule has 0 aromatic heterocycles. The highest BCUT2D eigenvalue weighted by atomic mass is 35.5. The molecule has 0 spiro atoms. The number of rotatable bonds is 4. The molecule has 0 bridgehead atoms. The zero-order chi connectivity index (χ0) is 17.2. The maximum absolute atomic E-state index is 12.6. The predicted molar refractivity (Wildman–Crippen MR) is 91.5 cm³/mol. The Morgan fingerprint density at radius 1 is 0.958 bits per heavy atom. The molecular weight excluding hydrogens is 326 g/mol. The minimum Gasteiger partial charge on any atom is -0.324 e. The number of halogens is 1. The summed E-state index contributed by atoms with van der Waals surface area (Å²) < 4.78 is 0. The largest absolute Gasteiger partial charge is 0.324 e. The third-order valence-electron chi connectivity index (χ3n) is 4.04. The molecule has 120 valence electrons. The lowest BCUT2D eigenvalue weighted by Gasteiger charge is -2.16. The average Bonchev–Trinajstić information content (AvgIpc) is 3.39. The fourth-order valence-electron chi connectivity index (χ4n) is 2.42. The normalized spacial score (nSPS) is 14.3. The molecule has 1 saturated carbocycles. The number of anilines is 2. The number of carbonyl (C=O) groups is 2. The Kier molecular flexibility index (Phi) is 4.24. The number of benzene rings is 2. The minimum atomic E-state index is -1.11. The summed E-state index contributed by atoms with van der Waals surface area (Å²) in [7, 11) is 0. The van der Waals surface area contributed by atoms with E-state index in [1.807, 2.05) is 6.07 Å². The zero-order valence-electron chi connectivity index (χ0n) is 12.7. The summed E-state index contributed by atoms with van der Waals surface area (Å²) in [4.78, 5) is 25.1. The number of carbonyl (C=O) groups excluding carboxylic acids is 2. The van der Waals surface area contributed by atoms with Crippen molar-refractivity contribution in [3.63, 3.8) is 0 Å². The van der Waals surface area contributed by atoms with Crippen molar-refractivity contribution >= 4 is 34.8 Å². The van der Waals surface area contributed by atoms with E-state index in [-0.39, 0.29) is 5.91 Å². The number of nitrogens with one attached hydrogen (secondary N) is 2. The molecule has 5 nitrogen and oxygen atoms in total. The van der Waals surface area contributed by atoms with Crippen molar-refractivity contribution in [2.45, 2.75) is 12.8 Å². The van der Waals surface area contributed by atoms with Crippen LogP contribution in [0, 0.1) is 16.7 Å². The number of hydrogen-bond acceptors (Lipinski definition) is 3. The topological polar surface area (TPSA) is 82.0 Å². The van der Waals surface area contributed by atoms with E-state index in [0.717, 1.165) is 0 Å². The second-order valence-electron chi connectivity index (χ2n) is 5.63. The molecule has 2 aromatic carbocycles. The third kappa shape index (κ3) is 2.97. The molecular formula is C18H14ClN3O2. The lowest BCUT2D eigenvalue weighted by atomic mass is 10.0. The third-order valence-corrected chi connectivity index (χ3v) is 4.37. The van der Waals surface area contributed by atoms with Crippen LogP contribution in [0.2, 0.25) is 5.02 Å².